The fourth-order valence-corrected chi connectivity index (χ4v) is 3.60. The van der Waals surface area contributed by atoms with E-state index in [0.717, 1.165) is 26.2 Å². The molecule has 0 bridgehead atoms. The van der Waals surface area contributed by atoms with Gasteiger partial charge in [0.15, 0.2) is 0 Å². The van der Waals surface area contributed by atoms with Gasteiger partial charge in [-0.3, -0.25) is 9.69 Å². The molecule has 1 aliphatic heterocycles. The van der Waals surface area contributed by atoms with Gasteiger partial charge in [-0.1, -0.05) is 25.7 Å². The van der Waals surface area contributed by atoms with E-state index in [2.05, 4.69) is 24.1 Å². The van der Waals surface area contributed by atoms with Crippen LogP contribution in [0.2, 0.25) is 0 Å². The summed E-state index contributed by atoms with van der Waals surface area (Å²) in [6, 6.07) is 0.451. The summed E-state index contributed by atoms with van der Waals surface area (Å²) in [6.45, 7) is 8.10. The van der Waals surface area contributed by atoms with Gasteiger partial charge in [0.2, 0.25) is 5.91 Å². The first kappa shape index (κ1) is 15.8. The number of nitrogens with zero attached hydrogens (tertiary/aromatic N) is 2. The third kappa shape index (κ3) is 3.53. The molecule has 0 aromatic rings. The van der Waals surface area contributed by atoms with Crippen LogP contribution in [0, 0.1) is 0 Å². The van der Waals surface area contributed by atoms with E-state index in [0.29, 0.717) is 11.9 Å². The van der Waals surface area contributed by atoms with Crippen molar-refractivity contribution in [3.05, 3.63) is 0 Å². The molecule has 2 fully saturated rings. The highest BCUT2D eigenvalue weighted by Crippen LogP contribution is 2.25. The van der Waals surface area contributed by atoms with E-state index in [1.807, 2.05) is 11.9 Å². The van der Waals surface area contributed by atoms with Crippen LogP contribution in [0.1, 0.15) is 52.4 Å². The Hall–Kier alpha value is -0.610. The van der Waals surface area contributed by atoms with Gasteiger partial charge < -0.3 is 10.2 Å². The average Bonchev–Trinajstić information content (AvgIpc) is 2.75. The molecular weight excluding hydrogens is 250 g/mol. The Bertz CT molecular complexity index is 316. The van der Waals surface area contributed by atoms with E-state index in [9.17, 15) is 4.79 Å². The molecule has 1 amide bonds. The van der Waals surface area contributed by atoms with Crippen molar-refractivity contribution in [2.75, 3.05) is 33.2 Å². The maximum absolute atomic E-state index is 12.9. The molecule has 1 N–H and O–H groups in total. The van der Waals surface area contributed by atoms with Crippen LogP contribution < -0.4 is 5.32 Å². The molecule has 1 saturated carbocycles. The van der Waals surface area contributed by atoms with Crippen molar-refractivity contribution in [2.24, 2.45) is 0 Å². The summed E-state index contributed by atoms with van der Waals surface area (Å²) in [6.07, 6.45) is 7.58. The van der Waals surface area contributed by atoms with Crippen molar-refractivity contribution in [3.63, 3.8) is 0 Å². The quantitative estimate of drug-likeness (QED) is 0.802. The van der Waals surface area contributed by atoms with Gasteiger partial charge in [0.05, 0.1) is 5.54 Å². The molecule has 0 atom stereocenters. The normalized spacial score (nSPS) is 23.4. The van der Waals surface area contributed by atoms with Crippen LogP contribution in [-0.4, -0.2) is 60.5 Å². The number of rotatable bonds is 3. The Morgan fingerprint density at radius 1 is 1.10 bits per heavy atom. The number of hydrogen-bond acceptors (Lipinski definition) is 3. The summed E-state index contributed by atoms with van der Waals surface area (Å²) in [5.74, 6) is 0.298. The summed E-state index contributed by atoms with van der Waals surface area (Å²) >= 11 is 0. The molecule has 0 aromatic heterocycles. The van der Waals surface area contributed by atoms with Gasteiger partial charge in [0.1, 0.15) is 0 Å². The third-order valence-electron chi connectivity index (χ3n) is 5.12. The van der Waals surface area contributed by atoms with Gasteiger partial charge in [-0.05, 0) is 26.7 Å². The van der Waals surface area contributed by atoms with Gasteiger partial charge in [-0.2, -0.15) is 0 Å². The lowest BCUT2D eigenvalue weighted by molar-refractivity contribution is -0.144. The second-order valence-electron chi connectivity index (χ2n) is 6.86. The number of amides is 1. The van der Waals surface area contributed by atoms with Crippen LogP contribution in [0.5, 0.6) is 0 Å². The molecule has 1 aliphatic carbocycles. The second kappa shape index (κ2) is 6.90. The standard InChI is InChI=1S/C16H31N3O/c1-16(2,19-12-10-17-11-13-19)15(20)18(3)14-8-6-4-5-7-9-14/h14,17H,4-13H2,1-3H3. The number of nitrogens with one attached hydrogen (secondary N) is 1. The Balaban J connectivity index is 1.99. The molecule has 116 valence electrons. The summed E-state index contributed by atoms with van der Waals surface area (Å²) in [7, 11) is 2.02. The zero-order valence-electron chi connectivity index (χ0n) is 13.5. The molecular formula is C16H31N3O. The lowest BCUT2D eigenvalue weighted by Crippen LogP contribution is -2.61. The predicted molar refractivity (Wildman–Crippen MR) is 82.8 cm³/mol. The first-order chi connectivity index (χ1) is 9.53. The van der Waals surface area contributed by atoms with Crippen molar-refractivity contribution >= 4 is 5.91 Å². The van der Waals surface area contributed by atoms with Gasteiger partial charge in [-0.25, -0.2) is 0 Å². The first-order valence-electron chi connectivity index (χ1n) is 8.26. The van der Waals surface area contributed by atoms with E-state index in [1.165, 1.54) is 38.5 Å². The SMILES string of the molecule is CN(C(=O)C(C)(C)N1CCNCC1)C1CCCCCC1. The van der Waals surface area contributed by atoms with Crippen molar-refractivity contribution in [2.45, 2.75) is 64.0 Å². The maximum atomic E-state index is 12.9. The number of carbonyl (C=O) groups excluding carboxylic acids is 1. The van der Waals surface area contributed by atoms with Crippen LogP contribution in [0.4, 0.5) is 0 Å². The Kier molecular flexibility index (Phi) is 5.44. The monoisotopic (exact) mass is 281 g/mol. The highest BCUT2D eigenvalue weighted by atomic mass is 16.2. The molecule has 1 saturated heterocycles. The third-order valence-corrected chi connectivity index (χ3v) is 5.12. The topological polar surface area (TPSA) is 35.6 Å². The molecule has 0 unspecified atom stereocenters. The molecule has 2 rings (SSSR count). The summed E-state index contributed by atoms with van der Waals surface area (Å²) in [5, 5.41) is 3.36. The Morgan fingerprint density at radius 3 is 2.20 bits per heavy atom. The fourth-order valence-electron chi connectivity index (χ4n) is 3.60. The van der Waals surface area contributed by atoms with Crippen LogP contribution >= 0.6 is 0 Å². The van der Waals surface area contributed by atoms with E-state index < -0.39 is 0 Å². The summed E-state index contributed by atoms with van der Waals surface area (Å²) < 4.78 is 0. The number of likely N-dealkylation sites (N-methyl/N-ethyl adjacent to an activating group) is 1. The van der Waals surface area contributed by atoms with Crippen molar-refractivity contribution in [3.8, 4) is 0 Å². The van der Waals surface area contributed by atoms with E-state index in [4.69, 9.17) is 0 Å². The smallest absolute Gasteiger partial charge is 0.242 e. The molecule has 4 nitrogen and oxygen atoms in total. The van der Waals surface area contributed by atoms with Crippen molar-refractivity contribution in [1.29, 1.82) is 0 Å². The van der Waals surface area contributed by atoms with E-state index in [-0.39, 0.29) is 5.54 Å². The first-order valence-corrected chi connectivity index (χ1v) is 8.26. The van der Waals surface area contributed by atoms with Crippen molar-refractivity contribution < 1.29 is 4.79 Å². The lowest BCUT2D eigenvalue weighted by atomic mass is 9.97. The zero-order chi connectivity index (χ0) is 14.6. The minimum Gasteiger partial charge on any atom is -0.341 e. The molecule has 1 heterocycles. The van der Waals surface area contributed by atoms with Crippen LogP contribution in [0.25, 0.3) is 0 Å². The molecule has 4 heteroatoms. The predicted octanol–water partition coefficient (Wildman–Crippen LogP) is 1.85. The van der Waals surface area contributed by atoms with Gasteiger partial charge in [0, 0.05) is 39.3 Å². The Labute approximate surface area is 123 Å². The highest BCUT2D eigenvalue weighted by Gasteiger charge is 2.38. The van der Waals surface area contributed by atoms with Gasteiger partial charge in [0.25, 0.3) is 0 Å². The molecule has 0 radical (unpaired) electrons. The maximum Gasteiger partial charge on any atom is 0.242 e. The van der Waals surface area contributed by atoms with Crippen LogP contribution in [-0.2, 0) is 4.79 Å². The average molecular weight is 281 g/mol. The van der Waals surface area contributed by atoms with Gasteiger partial charge in [-0.15, -0.1) is 0 Å². The zero-order valence-corrected chi connectivity index (χ0v) is 13.5. The minimum absolute atomic E-state index is 0.298. The molecule has 2 aliphatic rings. The van der Waals surface area contributed by atoms with Gasteiger partial charge >= 0.3 is 0 Å². The number of hydrogen-bond donors (Lipinski definition) is 1. The molecule has 0 spiro atoms. The fraction of sp³-hybridized carbons (Fsp3) is 0.938. The lowest BCUT2D eigenvalue weighted by Gasteiger charge is -2.43. The van der Waals surface area contributed by atoms with Crippen molar-refractivity contribution in [1.82, 2.24) is 15.1 Å². The van der Waals surface area contributed by atoms with Crippen LogP contribution in [0.15, 0.2) is 0 Å². The van der Waals surface area contributed by atoms with E-state index >= 15 is 0 Å². The molecule has 0 aromatic carbocycles. The second-order valence-corrected chi connectivity index (χ2v) is 6.86. The Morgan fingerprint density at radius 2 is 1.65 bits per heavy atom. The molecule has 20 heavy (non-hydrogen) atoms. The summed E-state index contributed by atoms with van der Waals surface area (Å²) in [4.78, 5) is 17.3. The van der Waals surface area contributed by atoms with Crippen LogP contribution in [0.3, 0.4) is 0 Å². The summed E-state index contributed by atoms with van der Waals surface area (Å²) in [5.41, 5.74) is -0.372. The van der Waals surface area contributed by atoms with E-state index in [1.54, 1.807) is 0 Å². The number of piperazine rings is 1. The highest BCUT2D eigenvalue weighted by molar-refractivity contribution is 5.85. The number of carbonyl (C=O) groups is 1. The largest absolute Gasteiger partial charge is 0.341 e. The minimum atomic E-state index is -0.372.